The molecule has 1 aromatic rings. The monoisotopic (exact) mass is 162 g/mol. The SMILES string of the molecule is C=CC(O)c1cc(C)ccc1C. The molecular weight excluding hydrogens is 148 g/mol. The Morgan fingerprint density at radius 2 is 2.08 bits per heavy atom. The lowest BCUT2D eigenvalue weighted by molar-refractivity contribution is 0.228. The first-order valence-corrected chi connectivity index (χ1v) is 4.03. The Morgan fingerprint density at radius 1 is 1.42 bits per heavy atom. The zero-order valence-electron chi connectivity index (χ0n) is 7.54. The largest absolute Gasteiger partial charge is 0.384 e. The first kappa shape index (κ1) is 9.01. The molecule has 0 spiro atoms. The molecule has 1 nitrogen and oxygen atoms in total. The smallest absolute Gasteiger partial charge is 0.0971 e. The molecule has 1 aromatic carbocycles. The van der Waals surface area contributed by atoms with Crippen molar-refractivity contribution in [2.24, 2.45) is 0 Å². The number of aryl methyl sites for hydroxylation is 2. The van der Waals surface area contributed by atoms with Gasteiger partial charge < -0.3 is 5.11 Å². The molecule has 0 aliphatic heterocycles. The number of aliphatic hydroxyl groups is 1. The maximum Gasteiger partial charge on any atom is 0.0971 e. The van der Waals surface area contributed by atoms with Gasteiger partial charge in [-0.3, -0.25) is 0 Å². The van der Waals surface area contributed by atoms with Gasteiger partial charge in [-0.05, 0) is 25.0 Å². The molecular formula is C11H14O. The van der Waals surface area contributed by atoms with Gasteiger partial charge in [0.15, 0.2) is 0 Å². The molecule has 1 atom stereocenters. The second-order valence-corrected chi connectivity index (χ2v) is 3.04. The van der Waals surface area contributed by atoms with Crippen molar-refractivity contribution >= 4 is 0 Å². The Balaban J connectivity index is 3.12. The Kier molecular flexibility index (Phi) is 2.66. The third kappa shape index (κ3) is 1.74. The minimum atomic E-state index is -0.537. The molecule has 1 unspecified atom stereocenters. The van der Waals surface area contributed by atoms with E-state index in [1.807, 2.05) is 32.0 Å². The van der Waals surface area contributed by atoms with Gasteiger partial charge in [0.25, 0.3) is 0 Å². The number of hydrogen-bond donors (Lipinski definition) is 1. The molecule has 1 N–H and O–H groups in total. The molecule has 64 valence electrons. The van der Waals surface area contributed by atoms with Gasteiger partial charge in [0, 0.05) is 0 Å². The van der Waals surface area contributed by atoms with Gasteiger partial charge in [-0.25, -0.2) is 0 Å². The van der Waals surface area contributed by atoms with Crippen LogP contribution in [0, 0.1) is 13.8 Å². The average Bonchev–Trinajstić information content (AvgIpc) is 2.08. The standard InChI is InChI=1S/C11H14O/c1-4-11(12)10-7-8(2)5-6-9(10)3/h4-7,11-12H,1H2,2-3H3. The van der Waals surface area contributed by atoms with Crippen molar-refractivity contribution < 1.29 is 5.11 Å². The first-order valence-electron chi connectivity index (χ1n) is 4.03. The number of aliphatic hydroxyl groups excluding tert-OH is 1. The van der Waals surface area contributed by atoms with Crippen LogP contribution in [0.3, 0.4) is 0 Å². The molecule has 12 heavy (non-hydrogen) atoms. The van der Waals surface area contributed by atoms with Crippen LogP contribution in [0.15, 0.2) is 30.9 Å². The maximum absolute atomic E-state index is 9.52. The summed E-state index contributed by atoms with van der Waals surface area (Å²) in [6.07, 6.45) is 1.01. The molecule has 0 saturated carbocycles. The second kappa shape index (κ2) is 3.55. The van der Waals surface area contributed by atoms with Crippen LogP contribution in [-0.4, -0.2) is 5.11 Å². The van der Waals surface area contributed by atoms with E-state index in [1.165, 1.54) is 0 Å². The van der Waals surface area contributed by atoms with E-state index in [-0.39, 0.29) is 0 Å². The summed E-state index contributed by atoms with van der Waals surface area (Å²) in [5.41, 5.74) is 3.22. The van der Waals surface area contributed by atoms with Crippen molar-refractivity contribution in [1.82, 2.24) is 0 Å². The highest BCUT2D eigenvalue weighted by Crippen LogP contribution is 2.19. The Labute approximate surface area is 73.4 Å². The van der Waals surface area contributed by atoms with Gasteiger partial charge in [-0.1, -0.05) is 29.8 Å². The second-order valence-electron chi connectivity index (χ2n) is 3.04. The fraction of sp³-hybridized carbons (Fsp3) is 0.273. The highest BCUT2D eigenvalue weighted by molar-refractivity contribution is 5.33. The molecule has 0 aliphatic carbocycles. The summed E-state index contributed by atoms with van der Waals surface area (Å²) in [7, 11) is 0. The van der Waals surface area contributed by atoms with Gasteiger partial charge in [-0.15, -0.1) is 6.58 Å². The summed E-state index contributed by atoms with van der Waals surface area (Å²) in [5.74, 6) is 0. The Morgan fingerprint density at radius 3 is 2.67 bits per heavy atom. The molecule has 0 radical (unpaired) electrons. The van der Waals surface area contributed by atoms with Gasteiger partial charge in [0.1, 0.15) is 0 Å². The molecule has 0 aromatic heterocycles. The minimum absolute atomic E-state index is 0.537. The van der Waals surface area contributed by atoms with Gasteiger partial charge in [-0.2, -0.15) is 0 Å². The van der Waals surface area contributed by atoms with Gasteiger partial charge >= 0.3 is 0 Å². The van der Waals surface area contributed by atoms with E-state index in [0.29, 0.717) is 0 Å². The van der Waals surface area contributed by atoms with E-state index in [9.17, 15) is 5.11 Å². The zero-order chi connectivity index (χ0) is 9.14. The summed E-state index contributed by atoms with van der Waals surface area (Å²) in [6, 6.07) is 6.04. The fourth-order valence-electron chi connectivity index (χ4n) is 1.21. The maximum atomic E-state index is 9.52. The van der Waals surface area contributed by atoms with Crippen LogP contribution in [0.5, 0.6) is 0 Å². The van der Waals surface area contributed by atoms with Crippen LogP contribution >= 0.6 is 0 Å². The number of benzene rings is 1. The molecule has 0 fully saturated rings. The van der Waals surface area contributed by atoms with Gasteiger partial charge in [0.05, 0.1) is 6.10 Å². The van der Waals surface area contributed by atoms with Crippen LogP contribution in [0.25, 0.3) is 0 Å². The van der Waals surface area contributed by atoms with E-state index < -0.39 is 6.10 Å². The van der Waals surface area contributed by atoms with Crippen LogP contribution in [0.1, 0.15) is 22.8 Å². The van der Waals surface area contributed by atoms with Crippen molar-refractivity contribution in [2.75, 3.05) is 0 Å². The van der Waals surface area contributed by atoms with E-state index in [1.54, 1.807) is 6.08 Å². The van der Waals surface area contributed by atoms with Crippen LogP contribution in [-0.2, 0) is 0 Å². The number of rotatable bonds is 2. The van der Waals surface area contributed by atoms with Crippen molar-refractivity contribution in [1.29, 1.82) is 0 Å². The lowest BCUT2D eigenvalue weighted by Gasteiger charge is -2.09. The van der Waals surface area contributed by atoms with Crippen LogP contribution in [0.2, 0.25) is 0 Å². The van der Waals surface area contributed by atoms with E-state index in [2.05, 4.69) is 6.58 Å². The van der Waals surface area contributed by atoms with Crippen molar-refractivity contribution in [3.8, 4) is 0 Å². The number of hydrogen-bond acceptors (Lipinski definition) is 1. The minimum Gasteiger partial charge on any atom is -0.384 e. The van der Waals surface area contributed by atoms with Crippen LogP contribution in [0.4, 0.5) is 0 Å². The average molecular weight is 162 g/mol. The molecule has 0 amide bonds. The summed E-state index contributed by atoms with van der Waals surface area (Å²) >= 11 is 0. The normalized spacial score (nSPS) is 12.6. The quantitative estimate of drug-likeness (QED) is 0.662. The molecule has 0 bridgehead atoms. The Bertz CT molecular complexity index is 289. The van der Waals surface area contributed by atoms with Crippen molar-refractivity contribution in [2.45, 2.75) is 20.0 Å². The first-order chi connectivity index (χ1) is 5.65. The summed E-state index contributed by atoms with van der Waals surface area (Å²) in [5, 5.41) is 9.52. The molecule has 0 heterocycles. The lowest BCUT2D eigenvalue weighted by atomic mass is 10.0. The summed E-state index contributed by atoms with van der Waals surface area (Å²) in [4.78, 5) is 0. The van der Waals surface area contributed by atoms with Crippen molar-refractivity contribution in [3.63, 3.8) is 0 Å². The van der Waals surface area contributed by atoms with E-state index in [0.717, 1.165) is 16.7 Å². The predicted molar refractivity (Wildman–Crippen MR) is 51.1 cm³/mol. The summed E-state index contributed by atoms with van der Waals surface area (Å²) in [6.45, 7) is 7.56. The lowest BCUT2D eigenvalue weighted by Crippen LogP contribution is -1.96. The van der Waals surface area contributed by atoms with Crippen LogP contribution < -0.4 is 0 Å². The Hall–Kier alpha value is -1.08. The third-order valence-corrected chi connectivity index (χ3v) is 1.98. The van der Waals surface area contributed by atoms with E-state index in [4.69, 9.17) is 0 Å². The predicted octanol–water partition coefficient (Wildman–Crippen LogP) is 2.52. The van der Waals surface area contributed by atoms with Crippen molar-refractivity contribution in [3.05, 3.63) is 47.5 Å². The topological polar surface area (TPSA) is 20.2 Å². The fourth-order valence-corrected chi connectivity index (χ4v) is 1.21. The molecule has 0 aliphatic rings. The molecule has 0 saturated heterocycles. The van der Waals surface area contributed by atoms with Gasteiger partial charge in [0.2, 0.25) is 0 Å². The summed E-state index contributed by atoms with van der Waals surface area (Å²) < 4.78 is 0. The highest BCUT2D eigenvalue weighted by Gasteiger charge is 2.05. The third-order valence-electron chi connectivity index (χ3n) is 1.98. The van der Waals surface area contributed by atoms with E-state index >= 15 is 0 Å². The zero-order valence-corrected chi connectivity index (χ0v) is 7.54. The highest BCUT2D eigenvalue weighted by atomic mass is 16.3. The molecule has 1 heteroatoms. The molecule has 1 rings (SSSR count).